The molecule has 3 heterocycles. The Hall–Kier alpha value is -2.57. The van der Waals surface area contributed by atoms with E-state index in [1.165, 1.54) is 0 Å². The number of anilines is 1. The molecule has 6 heteroatoms. The fourth-order valence-electron chi connectivity index (χ4n) is 3.54. The number of aromatic nitrogens is 1. The molecule has 3 aromatic heterocycles. The number of rotatable bonds is 5. The predicted octanol–water partition coefficient (Wildman–Crippen LogP) is 5.71. The van der Waals surface area contributed by atoms with Gasteiger partial charge in [-0.1, -0.05) is 30.3 Å². The van der Waals surface area contributed by atoms with Gasteiger partial charge < -0.3 is 19.3 Å². The summed E-state index contributed by atoms with van der Waals surface area (Å²) in [7, 11) is 1.66. The highest BCUT2D eigenvalue weighted by atomic mass is 79.9. The van der Waals surface area contributed by atoms with Crippen molar-refractivity contribution in [3.63, 3.8) is 0 Å². The molecule has 0 fully saturated rings. The molecular weight excluding hydrogens is 420 g/mol. The Morgan fingerprint density at radius 2 is 1.86 bits per heavy atom. The number of halogens is 1. The summed E-state index contributed by atoms with van der Waals surface area (Å²) in [4.78, 5) is 4.59. The molecule has 2 N–H and O–H groups in total. The van der Waals surface area contributed by atoms with E-state index in [9.17, 15) is 0 Å². The van der Waals surface area contributed by atoms with Gasteiger partial charge >= 0.3 is 0 Å². The molecule has 1 aromatic carbocycles. The Morgan fingerprint density at radius 1 is 1.11 bits per heavy atom. The lowest BCUT2D eigenvalue weighted by atomic mass is 9.92. The van der Waals surface area contributed by atoms with Crippen LogP contribution >= 0.6 is 15.9 Å². The van der Waals surface area contributed by atoms with Crippen LogP contribution in [0.4, 0.5) is 5.69 Å². The Labute approximate surface area is 171 Å². The number of nitrogens with zero attached hydrogens (tertiary/aromatic N) is 1. The maximum absolute atomic E-state index is 6.62. The molecule has 0 aliphatic rings. The van der Waals surface area contributed by atoms with Gasteiger partial charge in [0.15, 0.2) is 0 Å². The minimum Gasteiger partial charge on any atom is -0.465 e. The van der Waals surface area contributed by atoms with E-state index in [-0.39, 0.29) is 5.92 Å². The van der Waals surface area contributed by atoms with Gasteiger partial charge in [0.25, 0.3) is 0 Å². The second-order valence-corrected chi connectivity index (χ2v) is 7.57. The van der Waals surface area contributed by atoms with Crippen molar-refractivity contribution in [2.45, 2.75) is 26.4 Å². The van der Waals surface area contributed by atoms with E-state index in [0.29, 0.717) is 23.8 Å². The topological polar surface area (TPSA) is 74.4 Å². The largest absolute Gasteiger partial charge is 0.465 e. The highest BCUT2D eigenvalue weighted by Gasteiger charge is 2.29. The Balaban J connectivity index is 1.99. The minimum atomic E-state index is -0.265. The van der Waals surface area contributed by atoms with Crippen LogP contribution in [0.5, 0.6) is 0 Å². The first-order valence-corrected chi connectivity index (χ1v) is 9.77. The third-order valence-corrected chi connectivity index (χ3v) is 5.89. The van der Waals surface area contributed by atoms with Gasteiger partial charge in [-0.05, 0) is 47.5 Å². The highest BCUT2D eigenvalue weighted by molar-refractivity contribution is 9.10. The second-order valence-electron chi connectivity index (χ2n) is 6.78. The molecule has 0 spiro atoms. The van der Waals surface area contributed by atoms with Gasteiger partial charge in [-0.3, -0.25) is 0 Å². The van der Waals surface area contributed by atoms with E-state index in [1.807, 2.05) is 56.3 Å². The molecule has 4 aromatic rings. The van der Waals surface area contributed by atoms with Gasteiger partial charge in [0.05, 0.1) is 23.4 Å². The molecule has 1 unspecified atom stereocenters. The molecule has 4 rings (SSSR count). The summed E-state index contributed by atoms with van der Waals surface area (Å²) >= 11 is 3.62. The van der Waals surface area contributed by atoms with Crippen LogP contribution in [-0.4, -0.2) is 12.1 Å². The zero-order valence-electron chi connectivity index (χ0n) is 16.0. The lowest BCUT2D eigenvalue weighted by molar-refractivity contribution is 0.185. The monoisotopic (exact) mass is 440 g/mol. The van der Waals surface area contributed by atoms with Crippen molar-refractivity contribution in [3.8, 4) is 0 Å². The van der Waals surface area contributed by atoms with Crippen molar-refractivity contribution in [1.29, 1.82) is 0 Å². The van der Waals surface area contributed by atoms with E-state index in [4.69, 9.17) is 19.3 Å². The molecule has 5 nitrogen and oxygen atoms in total. The Kier molecular flexibility index (Phi) is 5.00. The van der Waals surface area contributed by atoms with Crippen molar-refractivity contribution in [2.75, 3.05) is 12.8 Å². The first-order valence-electron chi connectivity index (χ1n) is 8.98. The van der Waals surface area contributed by atoms with Crippen LogP contribution in [0.15, 0.2) is 55.8 Å². The zero-order chi connectivity index (χ0) is 19.8. The molecule has 0 amide bonds. The summed E-state index contributed by atoms with van der Waals surface area (Å²) in [6, 6.07) is 14.0. The number of hydrogen-bond acceptors (Lipinski definition) is 5. The smallest absolute Gasteiger partial charge is 0.229 e. The molecule has 28 heavy (non-hydrogen) atoms. The summed E-state index contributed by atoms with van der Waals surface area (Å²) in [6.45, 7) is 4.25. The van der Waals surface area contributed by atoms with Crippen molar-refractivity contribution in [3.05, 3.63) is 81.0 Å². The number of pyridine rings is 1. The van der Waals surface area contributed by atoms with Crippen molar-refractivity contribution >= 4 is 32.7 Å². The second kappa shape index (κ2) is 7.45. The van der Waals surface area contributed by atoms with E-state index in [1.54, 1.807) is 7.11 Å². The fourth-order valence-corrected chi connectivity index (χ4v) is 3.94. The maximum atomic E-state index is 6.62. The summed E-state index contributed by atoms with van der Waals surface area (Å²) < 4.78 is 18.5. The normalized spacial score (nSPS) is 12.6. The fraction of sp³-hybridized carbons (Fsp3) is 0.227. The molecule has 144 valence electrons. The molecule has 0 saturated heterocycles. The SMILES string of the molecule is COCc1c(Br)c(C)nc2oc(C(c3ccccc3)c3ccc(C)o3)c(N)c12. The Morgan fingerprint density at radius 3 is 2.50 bits per heavy atom. The van der Waals surface area contributed by atoms with Crippen LogP contribution < -0.4 is 5.73 Å². The molecule has 0 radical (unpaired) electrons. The van der Waals surface area contributed by atoms with Crippen molar-refractivity contribution in [2.24, 2.45) is 0 Å². The van der Waals surface area contributed by atoms with Gasteiger partial charge in [-0.25, -0.2) is 4.98 Å². The van der Waals surface area contributed by atoms with Crippen LogP contribution in [0.1, 0.15) is 40.0 Å². The lowest BCUT2D eigenvalue weighted by Gasteiger charge is -2.13. The lowest BCUT2D eigenvalue weighted by Crippen LogP contribution is -2.04. The van der Waals surface area contributed by atoms with E-state index >= 15 is 0 Å². The quantitative estimate of drug-likeness (QED) is 0.430. The summed E-state index contributed by atoms with van der Waals surface area (Å²) in [5.41, 5.74) is 10.5. The molecule has 0 bridgehead atoms. The van der Waals surface area contributed by atoms with Crippen LogP contribution in [0, 0.1) is 13.8 Å². The average Bonchev–Trinajstić information content (AvgIpc) is 3.24. The van der Waals surface area contributed by atoms with Crippen molar-refractivity contribution < 1.29 is 13.6 Å². The number of hydrogen-bond donors (Lipinski definition) is 1. The van der Waals surface area contributed by atoms with Gasteiger partial charge in [0.1, 0.15) is 23.2 Å². The molecule has 0 aliphatic heterocycles. The minimum absolute atomic E-state index is 0.265. The van der Waals surface area contributed by atoms with E-state index in [2.05, 4.69) is 20.9 Å². The number of nitrogens with two attached hydrogens (primary N) is 1. The average molecular weight is 441 g/mol. The van der Waals surface area contributed by atoms with Gasteiger partial charge in [-0.15, -0.1) is 0 Å². The van der Waals surface area contributed by atoms with Crippen molar-refractivity contribution in [1.82, 2.24) is 4.98 Å². The third kappa shape index (κ3) is 3.12. The van der Waals surface area contributed by atoms with Crippen LogP contribution in [-0.2, 0) is 11.3 Å². The van der Waals surface area contributed by atoms with Gasteiger partial charge in [0.2, 0.25) is 5.71 Å². The molecule has 0 saturated carbocycles. The highest BCUT2D eigenvalue weighted by Crippen LogP contribution is 2.43. The van der Waals surface area contributed by atoms with Gasteiger partial charge in [-0.2, -0.15) is 0 Å². The molecular formula is C22H21BrN2O3. The molecule has 0 aliphatic carbocycles. The van der Waals surface area contributed by atoms with Crippen LogP contribution in [0.3, 0.4) is 0 Å². The number of furan rings is 2. The predicted molar refractivity (Wildman–Crippen MR) is 112 cm³/mol. The molecule has 1 atom stereocenters. The number of methoxy groups -OCH3 is 1. The van der Waals surface area contributed by atoms with E-state index < -0.39 is 0 Å². The Bertz CT molecular complexity index is 1130. The number of nitrogen functional groups attached to an aromatic ring is 1. The van der Waals surface area contributed by atoms with E-state index in [0.717, 1.165) is 38.2 Å². The summed E-state index contributed by atoms with van der Waals surface area (Å²) in [6.07, 6.45) is 0. The standard InChI is InChI=1S/C22H21BrN2O3/c1-12-9-10-16(27-12)17(14-7-5-4-6-8-14)21-20(24)18-15(11-26-3)19(23)13(2)25-22(18)28-21/h4-10,17H,11,24H2,1-3H3. The van der Waals surface area contributed by atoms with Crippen LogP contribution in [0.2, 0.25) is 0 Å². The maximum Gasteiger partial charge on any atom is 0.229 e. The summed E-state index contributed by atoms with van der Waals surface area (Å²) in [5, 5.41) is 0.776. The zero-order valence-corrected chi connectivity index (χ0v) is 17.5. The van der Waals surface area contributed by atoms with Gasteiger partial charge in [0, 0.05) is 17.1 Å². The number of aryl methyl sites for hydroxylation is 2. The number of benzene rings is 1. The first-order chi connectivity index (χ1) is 13.5. The number of fused-ring (bicyclic) bond motifs is 1. The summed E-state index contributed by atoms with van der Waals surface area (Å²) in [5.74, 6) is 1.97. The third-order valence-electron chi connectivity index (χ3n) is 4.84. The number of ether oxygens (including phenoxy) is 1. The van der Waals surface area contributed by atoms with Crippen LogP contribution in [0.25, 0.3) is 11.1 Å². The first kappa shape index (κ1) is 18.8.